The van der Waals surface area contributed by atoms with Gasteiger partial charge in [0.25, 0.3) is 0 Å². The highest BCUT2D eigenvalue weighted by Crippen LogP contribution is 2.26. The summed E-state index contributed by atoms with van der Waals surface area (Å²) in [6, 6.07) is 0. The van der Waals surface area contributed by atoms with Crippen LogP contribution in [0, 0.1) is 5.92 Å². The quantitative estimate of drug-likeness (QED) is 0.788. The van der Waals surface area contributed by atoms with Crippen molar-refractivity contribution in [2.24, 2.45) is 5.92 Å². The van der Waals surface area contributed by atoms with E-state index >= 15 is 0 Å². The number of hydrogen-bond donors (Lipinski definition) is 1. The van der Waals surface area contributed by atoms with E-state index in [-0.39, 0.29) is 11.8 Å². The van der Waals surface area contributed by atoms with Crippen molar-refractivity contribution in [2.45, 2.75) is 51.5 Å². The van der Waals surface area contributed by atoms with Crippen LogP contribution in [0.3, 0.4) is 0 Å². The molecule has 0 radical (unpaired) electrons. The van der Waals surface area contributed by atoms with Crippen LogP contribution in [-0.2, 0) is 9.59 Å². The molecule has 1 aliphatic heterocycles. The molecule has 0 aromatic heterocycles. The maximum absolute atomic E-state index is 12.3. The van der Waals surface area contributed by atoms with Crippen LogP contribution in [0.5, 0.6) is 0 Å². The first kappa shape index (κ1) is 12.4. The van der Waals surface area contributed by atoms with Gasteiger partial charge in [-0.3, -0.25) is 9.59 Å². The molecule has 2 rings (SSSR count). The summed E-state index contributed by atoms with van der Waals surface area (Å²) >= 11 is 0. The Kier molecular flexibility index (Phi) is 3.40. The molecule has 4 heteroatoms. The maximum Gasteiger partial charge on any atom is 0.247 e. The Morgan fingerprint density at radius 3 is 2.59 bits per heavy atom. The number of nitrogens with zero attached hydrogens (tertiary/aromatic N) is 1. The zero-order valence-electron chi connectivity index (χ0n) is 10.8. The Hall–Kier alpha value is -1.06. The van der Waals surface area contributed by atoms with Gasteiger partial charge < -0.3 is 10.2 Å². The van der Waals surface area contributed by atoms with Gasteiger partial charge in [-0.05, 0) is 32.6 Å². The van der Waals surface area contributed by atoms with Gasteiger partial charge in [-0.15, -0.1) is 0 Å². The average Bonchev–Trinajstić information content (AvgIpc) is 2.71. The molecule has 2 fully saturated rings. The van der Waals surface area contributed by atoms with Crippen LogP contribution >= 0.6 is 0 Å². The highest BCUT2D eigenvalue weighted by molar-refractivity contribution is 5.92. The Balaban J connectivity index is 2.04. The van der Waals surface area contributed by atoms with Crippen molar-refractivity contribution >= 4 is 11.8 Å². The Morgan fingerprint density at radius 1 is 1.29 bits per heavy atom. The molecule has 1 aliphatic carbocycles. The standard InChI is InChI=1S/C13H22N2O2/c1-13(2)12(17)15(8-7-11(16)14-13)9-10-5-3-4-6-10/h10H,3-9H2,1-2H3,(H,14,16). The Labute approximate surface area is 103 Å². The zero-order chi connectivity index (χ0) is 12.5. The molecule has 2 amide bonds. The van der Waals surface area contributed by atoms with Crippen molar-refractivity contribution in [1.29, 1.82) is 0 Å². The van der Waals surface area contributed by atoms with E-state index in [1.54, 1.807) is 13.8 Å². The fourth-order valence-electron chi connectivity index (χ4n) is 2.88. The smallest absolute Gasteiger partial charge is 0.247 e. The lowest BCUT2D eigenvalue weighted by Gasteiger charge is -2.30. The predicted molar refractivity (Wildman–Crippen MR) is 65.4 cm³/mol. The van der Waals surface area contributed by atoms with Gasteiger partial charge in [0.2, 0.25) is 11.8 Å². The average molecular weight is 238 g/mol. The van der Waals surface area contributed by atoms with Crippen LogP contribution in [0.15, 0.2) is 0 Å². The van der Waals surface area contributed by atoms with Gasteiger partial charge in [0.15, 0.2) is 0 Å². The van der Waals surface area contributed by atoms with Gasteiger partial charge in [0.05, 0.1) is 0 Å². The van der Waals surface area contributed by atoms with Gasteiger partial charge in [-0.25, -0.2) is 0 Å². The van der Waals surface area contributed by atoms with Crippen LogP contribution in [0.1, 0.15) is 46.0 Å². The van der Waals surface area contributed by atoms with Crippen molar-refractivity contribution in [3.05, 3.63) is 0 Å². The molecule has 0 spiro atoms. The van der Waals surface area contributed by atoms with Crippen molar-refractivity contribution in [2.75, 3.05) is 13.1 Å². The molecule has 0 aromatic carbocycles. The number of nitrogens with one attached hydrogen (secondary N) is 1. The van der Waals surface area contributed by atoms with Crippen LogP contribution in [0.25, 0.3) is 0 Å². The van der Waals surface area contributed by atoms with E-state index in [4.69, 9.17) is 0 Å². The van der Waals surface area contributed by atoms with E-state index in [1.165, 1.54) is 25.7 Å². The van der Waals surface area contributed by atoms with Crippen molar-refractivity contribution in [3.63, 3.8) is 0 Å². The van der Waals surface area contributed by atoms with Crippen molar-refractivity contribution in [1.82, 2.24) is 10.2 Å². The van der Waals surface area contributed by atoms with Crippen LogP contribution in [-0.4, -0.2) is 35.3 Å². The normalized spacial score (nSPS) is 25.9. The number of amides is 2. The van der Waals surface area contributed by atoms with E-state index in [2.05, 4.69) is 5.32 Å². The topological polar surface area (TPSA) is 49.4 Å². The van der Waals surface area contributed by atoms with E-state index < -0.39 is 5.54 Å². The lowest BCUT2D eigenvalue weighted by atomic mass is 10.0. The Bertz CT molecular complexity index is 319. The zero-order valence-corrected chi connectivity index (χ0v) is 10.8. The fraction of sp³-hybridized carbons (Fsp3) is 0.846. The van der Waals surface area contributed by atoms with Crippen molar-refractivity contribution in [3.8, 4) is 0 Å². The largest absolute Gasteiger partial charge is 0.342 e. The SMILES string of the molecule is CC1(C)NC(=O)CCN(CC2CCCC2)C1=O. The first-order valence-corrected chi connectivity index (χ1v) is 6.59. The molecule has 0 bridgehead atoms. The summed E-state index contributed by atoms with van der Waals surface area (Å²) in [7, 11) is 0. The van der Waals surface area contributed by atoms with Crippen LogP contribution < -0.4 is 5.32 Å². The highest BCUT2D eigenvalue weighted by Gasteiger charge is 2.37. The molecule has 17 heavy (non-hydrogen) atoms. The lowest BCUT2D eigenvalue weighted by Crippen LogP contribution is -2.53. The lowest BCUT2D eigenvalue weighted by molar-refractivity contribution is -0.137. The monoisotopic (exact) mass is 238 g/mol. The number of carbonyl (C=O) groups excluding carboxylic acids is 2. The molecule has 4 nitrogen and oxygen atoms in total. The summed E-state index contributed by atoms with van der Waals surface area (Å²) in [4.78, 5) is 25.7. The summed E-state index contributed by atoms with van der Waals surface area (Å²) in [5, 5.41) is 2.79. The third-order valence-corrected chi connectivity index (χ3v) is 3.84. The summed E-state index contributed by atoms with van der Waals surface area (Å²) in [5.41, 5.74) is -0.744. The van der Waals surface area contributed by atoms with Gasteiger partial charge in [0, 0.05) is 19.5 Å². The van der Waals surface area contributed by atoms with Gasteiger partial charge >= 0.3 is 0 Å². The molecule has 96 valence electrons. The molecule has 1 N–H and O–H groups in total. The Morgan fingerprint density at radius 2 is 1.94 bits per heavy atom. The molecular formula is C13H22N2O2. The minimum Gasteiger partial charge on any atom is -0.342 e. The number of rotatable bonds is 2. The minimum absolute atomic E-state index is 0.0164. The van der Waals surface area contributed by atoms with Gasteiger partial charge in [0.1, 0.15) is 5.54 Å². The molecule has 1 heterocycles. The number of hydrogen-bond acceptors (Lipinski definition) is 2. The molecule has 2 aliphatic rings. The molecular weight excluding hydrogens is 216 g/mol. The second-order valence-corrected chi connectivity index (χ2v) is 5.82. The van der Waals surface area contributed by atoms with Crippen LogP contribution in [0.4, 0.5) is 0 Å². The molecule has 1 saturated carbocycles. The summed E-state index contributed by atoms with van der Waals surface area (Å²) in [6.45, 7) is 4.99. The van der Waals surface area contributed by atoms with Gasteiger partial charge in [-0.2, -0.15) is 0 Å². The second-order valence-electron chi connectivity index (χ2n) is 5.82. The van der Waals surface area contributed by atoms with E-state index in [0.717, 1.165) is 6.54 Å². The van der Waals surface area contributed by atoms with Gasteiger partial charge in [-0.1, -0.05) is 12.8 Å². The van der Waals surface area contributed by atoms with E-state index in [9.17, 15) is 9.59 Å². The molecule has 1 saturated heterocycles. The summed E-state index contributed by atoms with van der Waals surface area (Å²) < 4.78 is 0. The second kappa shape index (κ2) is 4.67. The van der Waals surface area contributed by atoms with E-state index in [0.29, 0.717) is 18.9 Å². The van der Waals surface area contributed by atoms with Crippen molar-refractivity contribution < 1.29 is 9.59 Å². The third-order valence-electron chi connectivity index (χ3n) is 3.84. The number of carbonyl (C=O) groups is 2. The molecule has 0 aromatic rings. The first-order chi connectivity index (χ1) is 7.99. The van der Waals surface area contributed by atoms with E-state index in [1.807, 2.05) is 4.90 Å². The molecule has 0 atom stereocenters. The highest BCUT2D eigenvalue weighted by atomic mass is 16.2. The van der Waals surface area contributed by atoms with Crippen LogP contribution in [0.2, 0.25) is 0 Å². The summed E-state index contributed by atoms with van der Waals surface area (Å²) in [6.07, 6.45) is 5.46. The maximum atomic E-state index is 12.3. The third kappa shape index (κ3) is 2.79. The first-order valence-electron chi connectivity index (χ1n) is 6.59. The minimum atomic E-state index is -0.744. The fourth-order valence-corrected chi connectivity index (χ4v) is 2.88. The molecule has 0 unspecified atom stereocenters. The predicted octanol–water partition coefficient (Wildman–Crippen LogP) is 1.30. The summed E-state index contributed by atoms with van der Waals surface area (Å²) in [5.74, 6) is 0.690.